The van der Waals surface area contributed by atoms with Crippen molar-refractivity contribution in [3.05, 3.63) is 65.8 Å². The van der Waals surface area contributed by atoms with Gasteiger partial charge in [0, 0.05) is 30.2 Å². The van der Waals surface area contributed by atoms with Crippen LogP contribution in [0, 0.1) is 0 Å². The highest BCUT2D eigenvalue weighted by Gasteiger charge is 2.37. The van der Waals surface area contributed by atoms with Crippen LogP contribution in [0.2, 0.25) is 0 Å². The lowest BCUT2D eigenvalue weighted by Gasteiger charge is -2.14. The second-order valence-corrected chi connectivity index (χ2v) is 6.04. The summed E-state index contributed by atoms with van der Waals surface area (Å²) < 4.78 is 78.0. The number of alkyl halides is 6. The van der Waals surface area contributed by atoms with Gasteiger partial charge in [0.05, 0.1) is 17.3 Å². The van der Waals surface area contributed by atoms with Crippen molar-refractivity contribution in [2.24, 2.45) is 5.10 Å². The van der Waals surface area contributed by atoms with Crippen LogP contribution in [0.5, 0.6) is 0 Å². The van der Waals surface area contributed by atoms with E-state index in [1.54, 1.807) is 0 Å². The molecule has 0 fully saturated rings. The first-order chi connectivity index (χ1) is 14.5. The minimum Gasteiger partial charge on any atom is -0.349 e. The van der Waals surface area contributed by atoms with E-state index in [1.165, 1.54) is 24.8 Å². The molecule has 1 aromatic heterocycles. The van der Waals surface area contributed by atoms with Crippen molar-refractivity contribution in [1.29, 1.82) is 0 Å². The molecular weight excluding hydrogens is 432 g/mol. The number of carbonyl (C=O) groups excluding carboxylic acids is 1. The summed E-state index contributed by atoms with van der Waals surface area (Å²) in [7, 11) is 0. The molecule has 8 nitrogen and oxygen atoms in total. The van der Waals surface area contributed by atoms with E-state index in [0.29, 0.717) is 12.1 Å². The summed E-state index contributed by atoms with van der Waals surface area (Å²) in [5.74, 6) is -0.551. The van der Waals surface area contributed by atoms with Gasteiger partial charge in [-0.05, 0) is 18.2 Å². The highest BCUT2D eigenvalue weighted by molar-refractivity contribution is 5.99. The number of nitrogens with one attached hydrogen (secondary N) is 3. The largest absolute Gasteiger partial charge is 0.416 e. The van der Waals surface area contributed by atoms with Gasteiger partial charge in [-0.15, -0.1) is 0 Å². The van der Waals surface area contributed by atoms with Gasteiger partial charge in [-0.3, -0.25) is 25.6 Å². The lowest BCUT2D eigenvalue weighted by atomic mass is 10.0. The molecule has 0 atom stereocenters. The second-order valence-electron chi connectivity index (χ2n) is 6.04. The number of amidine groups is 1. The van der Waals surface area contributed by atoms with Gasteiger partial charge in [0.15, 0.2) is 11.7 Å². The van der Waals surface area contributed by atoms with Gasteiger partial charge in [0.2, 0.25) is 0 Å². The van der Waals surface area contributed by atoms with Gasteiger partial charge in [-0.25, -0.2) is 4.98 Å². The van der Waals surface area contributed by atoms with E-state index in [1.807, 2.05) is 0 Å². The van der Waals surface area contributed by atoms with Crippen LogP contribution >= 0.6 is 0 Å². The maximum absolute atomic E-state index is 13.0. The van der Waals surface area contributed by atoms with Crippen molar-refractivity contribution in [3.8, 4) is 0 Å². The summed E-state index contributed by atoms with van der Waals surface area (Å²) in [5, 5.41) is 7.61. The minimum absolute atomic E-state index is 0.0329. The quantitative estimate of drug-likeness (QED) is 0.372. The summed E-state index contributed by atoms with van der Waals surface area (Å²) in [6.07, 6.45) is -3.52. The first-order valence-electron chi connectivity index (χ1n) is 8.41. The molecule has 1 aliphatic heterocycles. The summed E-state index contributed by atoms with van der Waals surface area (Å²) >= 11 is 0. The van der Waals surface area contributed by atoms with Crippen molar-refractivity contribution in [1.82, 2.24) is 25.7 Å². The van der Waals surface area contributed by atoms with Crippen molar-refractivity contribution < 1.29 is 31.1 Å². The number of hydrazine groups is 1. The van der Waals surface area contributed by atoms with E-state index < -0.39 is 35.0 Å². The number of benzene rings is 1. The zero-order valence-corrected chi connectivity index (χ0v) is 15.3. The molecule has 1 aliphatic rings. The number of amides is 1. The molecule has 14 heteroatoms. The smallest absolute Gasteiger partial charge is 0.349 e. The summed E-state index contributed by atoms with van der Waals surface area (Å²) in [6, 6.07) is 1.16. The number of anilines is 1. The molecule has 0 bridgehead atoms. The molecule has 31 heavy (non-hydrogen) atoms. The topological polar surface area (TPSA) is 94.5 Å². The van der Waals surface area contributed by atoms with E-state index >= 15 is 0 Å². The normalized spacial score (nSPS) is 14.4. The van der Waals surface area contributed by atoms with Crippen molar-refractivity contribution in [2.75, 3.05) is 12.1 Å². The number of halogens is 6. The average molecular weight is 445 g/mol. The second kappa shape index (κ2) is 8.49. The molecule has 0 radical (unpaired) electrons. The Labute approximate surface area is 170 Å². The van der Waals surface area contributed by atoms with Crippen LogP contribution in [0.15, 0.2) is 54.2 Å². The predicted molar refractivity (Wildman–Crippen MR) is 95.8 cm³/mol. The van der Waals surface area contributed by atoms with Crippen molar-refractivity contribution >= 4 is 17.6 Å². The highest BCUT2D eigenvalue weighted by atomic mass is 19.4. The Morgan fingerprint density at radius 2 is 1.74 bits per heavy atom. The molecule has 0 unspecified atom stereocenters. The third-order valence-corrected chi connectivity index (χ3v) is 3.77. The Hall–Kier alpha value is -3.84. The Morgan fingerprint density at radius 1 is 1.06 bits per heavy atom. The lowest BCUT2D eigenvalue weighted by molar-refractivity contribution is -0.143. The first kappa shape index (κ1) is 21.9. The van der Waals surface area contributed by atoms with E-state index in [9.17, 15) is 31.1 Å². The molecule has 0 saturated carbocycles. The van der Waals surface area contributed by atoms with Crippen LogP contribution in [0.1, 0.15) is 16.7 Å². The fraction of sp³-hybridized carbons (Fsp3) is 0.176. The van der Waals surface area contributed by atoms with Gasteiger partial charge >= 0.3 is 12.4 Å². The number of carbonyl (C=O) groups is 1. The molecule has 1 amide bonds. The number of aromatic nitrogens is 2. The van der Waals surface area contributed by atoms with Crippen molar-refractivity contribution in [2.45, 2.75) is 12.4 Å². The number of rotatable bonds is 5. The summed E-state index contributed by atoms with van der Waals surface area (Å²) in [6.45, 7) is -0.0751. The third-order valence-electron chi connectivity index (χ3n) is 3.77. The number of hydrazone groups is 1. The van der Waals surface area contributed by atoms with Crippen LogP contribution in [-0.4, -0.2) is 33.4 Å². The monoisotopic (exact) mass is 445 g/mol. The molecular formula is C17H13F6N7O. The molecule has 3 rings (SSSR count). The van der Waals surface area contributed by atoms with Gasteiger partial charge in [0.25, 0.3) is 5.91 Å². The van der Waals surface area contributed by atoms with Crippen LogP contribution < -0.4 is 16.2 Å². The fourth-order valence-electron chi connectivity index (χ4n) is 2.38. The number of nitrogens with zero attached hydrogens (tertiary/aromatic N) is 4. The van der Waals surface area contributed by atoms with E-state index in [4.69, 9.17) is 0 Å². The SMILES string of the molecule is O=C(/C=C\N1CNC(c2cc(C(F)(F)F)cc(C(F)(F)F)c2)=N1)NNc1cnccn1. The molecule has 3 N–H and O–H groups in total. The molecule has 1 aromatic carbocycles. The van der Waals surface area contributed by atoms with Crippen molar-refractivity contribution in [3.63, 3.8) is 0 Å². The first-order valence-corrected chi connectivity index (χ1v) is 8.41. The lowest BCUT2D eigenvalue weighted by Crippen LogP contribution is -2.28. The van der Waals surface area contributed by atoms with E-state index in [0.717, 1.165) is 11.1 Å². The summed E-state index contributed by atoms with van der Waals surface area (Å²) in [4.78, 5) is 19.4. The van der Waals surface area contributed by atoms with Gasteiger partial charge in [-0.1, -0.05) is 0 Å². The Kier molecular flexibility index (Phi) is 5.99. The average Bonchev–Trinajstić information content (AvgIpc) is 3.19. The predicted octanol–water partition coefficient (Wildman–Crippen LogP) is 2.70. The Bertz CT molecular complexity index is 972. The molecule has 2 heterocycles. The van der Waals surface area contributed by atoms with E-state index in [-0.39, 0.29) is 24.4 Å². The maximum atomic E-state index is 13.0. The number of hydrogen-bond acceptors (Lipinski definition) is 7. The molecule has 0 saturated heterocycles. The van der Waals surface area contributed by atoms with Gasteiger partial charge in [-0.2, -0.15) is 31.4 Å². The molecule has 164 valence electrons. The standard InChI is InChI=1S/C17H13F6N7O/c18-16(19,20)11-5-10(6-12(7-11)17(21,22)23)15-26-9-30(29-15)4-1-14(31)28-27-13-8-24-2-3-25-13/h1-8H,9H2,(H,25,27)(H,26,29)(H,28,31)/b4-1-. The molecule has 2 aromatic rings. The van der Waals surface area contributed by atoms with Crippen LogP contribution in [0.25, 0.3) is 0 Å². The zero-order chi connectivity index (χ0) is 22.6. The van der Waals surface area contributed by atoms with Crippen LogP contribution in [0.3, 0.4) is 0 Å². The van der Waals surface area contributed by atoms with E-state index in [2.05, 4.69) is 31.2 Å². The van der Waals surface area contributed by atoms with Crippen LogP contribution in [-0.2, 0) is 17.1 Å². The van der Waals surface area contributed by atoms with Crippen LogP contribution in [0.4, 0.5) is 32.2 Å². The van der Waals surface area contributed by atoms with Gasteiger partial charge < -0.3 is 5.32 Å². The highest BCUT2D eigenvalue weighted by Crippen LogP contribution is 2.36. The molecule has 0 aliphatic carbocycles. The maximum Gasteiger partial charge on any atom is 0.416 e. The van der Waals surface area contributed by atoms with Gasteiger partial charge in [0.1, 0.15) is 6.67 Å². The third kappa shape index (κ3) is 5.83. The summed E-state index contributed by atoms with van der Waals surface area (Å²) in [5.41, 5.74) is 1.47. The fourth-order valence-corrected chi connectivity index (χ4v) is 2.38. The minimum atomic E-state index is -4.97. The zero-order valence-electron chi connectivity index (χ0n) is 15.3. The number of hydrogen-bond donors (Lipinski definition) is 3. The Balaban J connectivity index is 1.72. The Morgan fingerprint density at radius 3 is 2.32 bits per heavy atom. The molecule has 0 spiro atoms.